The van der Waals surface area contributed by atoms with Gasteiger partial charge in [-0.3, -0.25) is 14.5 Å². The highest BCUT2D eigenvalue weighted by atomic mass is 32.2. The molecular weight excluding hydrogens is 548 g/mol. The van der Waals surface area contributed by atoms with Crippen molar-refractivity contribution in [2.45, 2.75) is 69.9 Å². The molecule has 2 aliphatic carbocycles. The molecule has 0 saturated heterocycles. The van der Waals surface area contributed by atoms with Crippen molar-refractivity contribution < 1.29 is 23.4 Å². The number of nitrogens with one attached hydrogen (secondary N) is 2. The first kappa shape index (κ1) is 28.7. The van der Waals surface area contributed by atoms with Gasteiger partial charge in [0, 0.05) is 41.6 Å². The number of hydrogen-bond acceptors (Lipinski definition) is 8. The molecule has 2 aliphatic rings. The fourth-order valence-corrected chi connectivity index (χ4v) is 8.84. The molecule has 4 N–H and O–H groups in total. The highest BCUT2D eigenvalue weighted by molar-refractivity contribution is 7.93. The summed E-state index contributed by atoms with van der Waals surface area (Å²) in [6.45, 7) is 6.08. The van der Waals surface area contributed by atoms with Crippen molar-refractivity contribution in [3.63, 3.8) is 0 Å². The number of aliphatic hydroxyl groups is 2. The number of carbonyl (C=O) groups is 1. The maximum Gasteiger partial charge on any atom is 0.263 e. The fraction of sp³-hybridized carbons (Fsp3) is 0.483. The first-order valence-electron chi connectivity index (χ1n) is 13.5. The van der Waals surface area contributed by atoms with Crippen molar-refractivity contribution >= 4 is 32.4 Å². The van der Waals surface area contributed by atoms with E-state index in [1.54, 1.807) is 36.7 Å². The van der Waals surface area contributed by atoms with Gasteiger partial charge in [0.05, 0.1) is 23.3 Å². The lowest BCUT2D eigenvalue weighted by molar-refractivity contribution is -0.144. The Morgan fingerprint density at radius 1 is 1.20 bits per heavy atom. The summed E-state index contributed by atoms with van der Waals surface area (Å²) >= 11 is 1.26. The molecule has 1 aromatic carbocycles. The third-order valence-corrected chi connectivity index (χ3v) is 11.5. The minimum Gasteiger partial charge on any atom is -0.396 e. The zero-order chi connectivity index (χ0) is 28.7. The number of aromatic nitrogens is 2. The molecule has 0 radical (unpaired) electrons. The summed E-state index contributed by atoms with van der Waals surface area (Å²) in [6, 6.07) is 10.3. The van der Waals surface area contributed by atoms with Crippen LogP contribution in [0.2, 0.25) is 0 Å². The molecule has 2 aromatic heterocycles. The molecule has 9 nitrogen and oxygen atoms in total. The third-order valence-electron chi connectivity index (χ3n) is 9.05. The average Bonchev–Trinajstić information content (AvgIpc) is 3.33. The normalized spacial score (nSPS) is 27.9. The van der Waals surface area contributed by atoms with Crippen molar-refractivity contribution in [3.05, 3.63) is 70.5 Å². The van der Waals surface area contributed by atoms with Crippen molar-refractivity contribution in [1.82, 2.24) is 15.3 Å². The Bertz CT molecular complexity index is 1480. The van der Waals surface area contributed by atoms with Gasteiger partial charge in [-0.1, -0.05) is 37.6 Å². The third kappa shape index (κ3) is 5.27. The summed E-state index contributed by atoms with van der Waals surface area (Å²) in [6.07, 6.45) is 4.57. The quantitative estimate of drug-likeness (QED) is 0.316. The Morgan fingerprint density at radius 3 is 2.62 bits per heavy atom. The molecule has 1 saturated carbocycles. The lowest BCUT2D eigenvalue weighted by Gasteiger charge is -2.58. The number of thiazole rings is 1. The van der Waals surface area contributed by atoms with E-state index in [0.29, 0.717) is 25.8 Å². The number of fused-ring (bicyclic) bond motifs is 2. The van der Waals surface area contributed by atoms with Crippen molar-refractivity contribution in [2.75, 3.05) is 11.3 Å². The summed E-state index contributed by atoms with van der Waals surface area (Å²) in [5, 5.41) is 24.7. The molecule has 2 heterocycles. The number of carbonyl (C=O) groups excluding carboxylic acids is 1. The second kappa shape index (κ2) is 10.8. The summed E-state index contributed by atoms with van der Waals surface area (Å²) in [5.74, 6) is -0.588. The van der Waals surface area contributed by atoms with E-state index in [9.17, 15) is 23.4 Å². The smallest absolute Gasteiger partial charge is 0.263 e. The van der Waals surface area contributed by atoms with Crippen LogP contribution in [0.25, 0.3) is 0 Å². The highest BCUT2D eigenvalue weighted by Gasteiger charge is 2.59. The van der Waals surface area contributed by atoms with Crippen LogP contribution in [0.4, 0.5) is 5.13 Å². The van der Waals surface area contributed by atoms with Crippen molar-refractivity contribution in [2.24, 2.45) is 16.7 Å². The zero-order valence-electron chi connectivity index (χ0n) is 22.9. The van der Waals surface area contributed by atoms with Gasteiger partial charge < -0.3 is 15.5 Å². The average molecular weight is 585 g/mol. The van der Waals surface area contributed by atoms with E-state index in [1.807, 2.05) is 26.0 Å². The lowest BCUT2D eigenvalue weighted by Crippen LogP contribution is -2.57. The standard InChI is InChI=1S/C29H36N4O5S2/c1-18-6-8-20(9-7-18)40(37,38)33-27-32-26-21(13-25(36)31-16-19-5-4-12-30-15-19)28(2)11-10-24(35)29(3,17-34)23(28)14-22(26)39-27/h4-9,12,15,21,23-24,34-35H,10-11,13-14,16-17H2,1-3H3,(H,31,36)(H,32,33)/t21-,23+,24-,28+,29+/m1/s1. The number of anilines is 1. The second-order valence-corrected chi connectivity index (χ2v) is 14.4. The van der Waals surface area contributed by atoms with Gasteiger partial charge in [-0.05, 0) is 61.3 Å². The lowest BCUT2D eigenvalue weighted by atomic mass is 9.47. The van der Waals surface area contributed by atoms with Gasteiger partial charge in [-0.25, -0.2) is 13.4 Å². The number of amides is 1. The van der Waals surface area contributed by atoms with Crippen LogP contribution in [-0.4, -0.2) is 47.2 Å². The van der Waals surface area contributed by atoms with Crippen LogP contribution in [0.5, 0.6) is 0 Å². The number of nitrogens with zero attached hydrogens (tertiary/aromatic N) is 2. The highest BCUT2D eigenvalue weighted by Crippen LogP contribution is 2.62. The van der Waals surface area contributed by atoms with Crippen LogP contribution in [0.15, 0.2) is 53.7 Å². The number of sulfonamides is 1. The van der Waals surface area contributed by atoms with Crippen LogP contribution in [0.3, 0.4) is 0 Å². The number of benzene rings is 1. The van der Waals surface area contributed by atoms with E-state index in [4.69, 9.17) is 4.98 Å². The van der Waals surface area contributed by atoms with Crippen LogP contribution in [0, 0.1) is 23.7 Å². The van der Waals surface area contributed by atoms with E-state index >= 15 is 0 Å². The van der Waals surface area contributed by atoms with Crippen molar-refractivity contribution in [1.29, 1.82) is 0 Å². The largest absolute Gasteiger partial charge is 0.396 e. The van der Waals surface area contributed by atoms with Gasteiger partial charge >= 0.3 is 0 Å². The van der Waals surface area contributed by atoms with Gasteiger partial charge in [-0.2, -0.15) is 0 Å². The number of hydrogen-bond donors (Lipinski definition) is 4. The number of aryl methyl sites for hydroxylation is 1. The first-order chi connectivity index (χ1) is 19.0. The Morgan fingerprint density at radius 2 is 1.95 bits per heavy atom. The maximum absolute atomic E-state index is 13.3. The molecule has 40 heavy (non-hydrogen) atoms. The van der Waals surface area contributed by atoms with E-state index in [2.05, 4.69) is 21.9 Å². The Balaban J connectivity index is 1.48. The zero-order valence-corrected chi connectivity index (χ0v) is 24.6. The Hall–Kier alpha value is -2.86. The fourth-order valence-electron chi connectivity index (χ4n) is 6.54. The van der Waals surface area contributed by atoms with Gasteiger partial charge in [0.15, 0.2) is 5.13 Å². The number of rotatable bonds is 8. The number of aliphatic hydroxyl groups excluding tert-OH is 2. The predicted molar refractivity (Wildman–Crippen MR) is 153 cm³/mol. The van der Waals surface area contributed by atoms with E-state index in [1.165, 1.54) is 11.3 Å². The minimum absolute atomic E-state index is 0.126. The molecule has 0 bridgehead atoms. The van der Waals surface area contributed by atoms with Crippen LogP contribution < -0.4 is 10.0 Å². The molecular formula is C29H36N4O5S2. The van der Waals surface area contributed by atoms with Crippen LogP contribution in [-0.2, 0) is 27.8 Å². The van der Waals surface area contributed by atoms with Gasteiger partial charge in [0.1, 0.15) is 0 Å². The molecule has 11 heteroatoms. The Kier molecular flexibility index (Phi) is 7.77. The molecule has 0 unspecified atom stereocenters. The molecule has 0 aliphatic heterocycles. The van der Waals surface area contributed by atoms with Gasteiger partial charge in [0.2, 0.25) is 5.91 Å². The van der Waals surface area contributed by atoms with Crippen LogP contribution in [0.1, 0.15) is 60.7 Å². The number of pyridine rings is 1. The molecule has 5 atom stereocenters. The second-order valence-electron chi connectivity index (χ2n) is 11.6. The summed E-state index contributed by atoms with van der Waals surface area (Å²) in [5.41, 5.74) is 1.37. The van der Waals surface area contributed by atoms with E-state index in [0.717, 1.165) is 21.7 Å². The summed E-state index contributed by atoms with van der Waals surface area (Å²) in [7, 11) is -3.85. The summed E-state index contributed by atoms with van der Waals surface area (Å²) < 4.78 is 28.9. The first-order valence-corrected chi connectivity index (χ1v) is 15.8. The topological polar surface area (TPSA) is 142 Å². The van der Waals surface area contributed by atoms with E-state index < -0.39 is 27.0 Å². The Labute approximate surface area is 239 Å². The maximum atomic E-state index is 13.3. The molecule has 3 aromatic rings. The summed E-state index contributed by atoms with van der Waals surface area (Å²) in [4.78, 5) is 23.2. The minimum atomic E-state index is -3.85. The molecule has 214 valence electrons. The molecule has 0 spiro atoms. The molecule has 1 amide bonds. The monoisotopic (exact) mass is 584 g/mol. The molecule has 5 rings (SSSR count). The van der Waals surface area contributed by atoms with Crippen molar-refractivity contribution in [3.8, 4) is 0 Å². The van der Waals surface area contributed by atoms with E-state index in [-0.39, 0.29) is 40.8 Å². The SMILES string of the molecule is Cc1ccc(S(=O)(=O)Nc2nc3c(s2)C[C@@H]2[C@](C)(CO)[C@H](O)CC[C@@]2(C)[C@@H]3CC(=O)NCc2cccnc2)cc1. The molecule has 1 fully saturated rings. The predicted octanol–water partition coefficient (Wildman–Crippen LogP) is 3.77. The van der Waals surface area contributed by atoms with Crippen LogP contribution >= 0.6 is 11.3 Å². The van der Waals surface area contributed by atoms with Gasteiger partial charge in [0.25, 0.3) is 10.0 Å². The van der Waals surface area contributed by atoms with Gasteiger partial charge in [-0.15, -0.1) is 11.3 Å².